The molecule has 1 aromatic heterocycles. The van der Waals surface area contributed by atoms with Crippen LogP contribution in [0.5, 0.6) is 0 Å². The molecule has 9 atom stereocenters. The van der Waals surface area contributed by atoms with Crippen LogP contribution in [0.25, 0.3) is 0 Å². The van der Waals surface area contributed by atoms with Gasteiger partial charge in [-0.25, -0.2) is 4.79 Å². The molecular formula is C24H32O4. The van der Waals surface area contributed by atoms with Crippen molar-refractivity contribution < 1.29 is 14.3 Å². The zero-order valence-electron chi connectivity index (χ0n) is 17.0. The second kappa shape index (κ2) is 5.51. The lowest BCUT2D eigenvalue weighted by atomic mass is 9.44. The molecule has 0 aromatic carbocycles. The maximum absolute atomic E-state index is 11.4. The van der Waals surface area contributed by atoms with Gasteiger partial charge in [-0.2, -0.15) is 0 Å². The molecule has 1 aliphatic heterocycles. The molecule has 0 amide bonds. The smallest absolute Gasteiger partial charge is 0.335 e. The van der Waals surface area contributed by atoms with Crippen molar-refractivity contribution in [3.8, 4) is 0 Å². The molecule has 1 saturated heterocycles. The van der Waals surface area contributed by atoms with Crippen LogP contribution in [0.4, 0.5) is 0 Å². The highest BCUT2D eigenvalue weighted by molar-refractivity contribution is 5.35. The van der Waals surface area contributed by atoms with E-state index in [1.165, 1.54) is 37.7 Å². The summed E-state index contributed by atoms with van der Waals surface area (Å²) in [5, 5.41) is 10.2. The van der Waals surface area contributed by atoms with Gasteiger partial charge in [0.1, 0.15) is 5.60 Å². The van der Waals surface area contributed by atoms with Gasteiger partial charge in [0.2, 0.25) is 0 Å². The summed E-state index contributed by atoms with van der Waals surface area (Å²) in [6.45, 7) is 4.97. The van der Waals surface area contributed by atoms with Crippen LogP contribution < -0.4 is 5.63 Å². The highest BCUT2D eigenvalue weighted by Crippen LogP contribution is 2.77. The number of ether oxygens (including phenoxy) is 1. The molecule has 1 aromatic rings. The van der Waals surface area contributed by atoms with Crippen molar-refractivity contribution >= 4 is 0 Å². The van der Waals surface area contributed by atoms with Gasteiger partial charge >= 0.3 is 5.63 Å². The molecule has 4 heteroatoms. The Labute approximate surface area is 166 Å². The summed E-state index contributed by atoms with van der Waals surface area (Å²) in [7, 11) is 0. The lowest BCUT2D eigenvalue weighted by Crippen LogP contribution is -2.58. The van der Waals surface area contributed by atoms with E-state index in [0.29, 0.717) is 29.3 Å². The highest BCUT2D eigenvalue weighted by Gasteiger charge is 2.80. The molecule has 1 spiro atoms. The molecule has 6 rings (SSSR count). The summed E-state index contributed by atoms with van der Waals surface area (Å²) >= 11 is 0. The molecule has 2 heterocycles. The van der Waals surface area contributed by atoms with Crippen molar-refractivity contribution in [2.24, 2.45) is 28.6 Å². The van der Waals surface area contributed by atoms with Crippen molar-refractivity contribution in [2.75, 3.05) is 0 Å². The van der Waals surface area contributed by atoms with Gasteiger partial charge in [0, 0.05) is 11.5 Å². The van der Waals surface area contributed by atoms with Crippen molar-refractivity contribution in [3.63, 3.8) is 0 Å². The van der Waals surface area contributed by atoms with E-state index >= 15 is 0 Å². The highest BCUT2D eigenvalue weighted by atomic mass is 16.6. The number of epoxide rings is 1. The molecule has 1 N–H and O–H groups in total. The Morgan fingerprint density at radius 1 is 1.04 bits per heavy atom. The Kier molecular flexibility index (Phi) is 3.49. The Morgan fingerprint density at radius 3 is 2.68 bits per heavy atom. The van der Waals surface area contributed by atoms with E-state index in [2.05, 4.69) is 13.8 Å². The maximum Gasteiger partial charge on any atom is 0.335 e. The van der Waals surface area contributed by atoms with Crippen LogP contribution in [0.2, 0.25) is 0 Å². The molecule has 3 unspecified atom stereocenters. The fourth-order valence-electron chi connectivity index (χ4n) is 8.74. The average molecular weight is 385 g/mol. The van der Waals surface area contributed by atoms with Gasteiger partial charge < -0.3 is 14.3 Å². The first-order valence-electron chi connectivity index (χ1n) is 11.3. The second-order valence-electron chi connectivity index (χ2n) is 11.0. The van der Waals surface area contributed by atoms with Gasteiger partial charge in [-0.1, -0.05) is 13.8 Å². The third kappa shape index (κ3) is 2.01. The molecule has 4 aliphatic carbocycles. The quantitative estimate of drug-likeness (QED) is 0.735. The van der Waals surface area contributed by atoms with E-state index in [0.717, 1.165) is 25.2 Å². The number of fused-ring (bicyclic) bond motifs is 3. The van der Waals surface area contributed by atoms with Gasteiger partial charge in [0.05, 0.1) is 18.5 Å². The molecule has 5 aliphatic rings. The van der Waals surface area contributed by atoms with E-state index < -0.39 is 0 Å². The number of hydrogen-bond donors (Lipinski definition) is 1. The fourth-order valence-corrected chi connectivity index (χ4v) is 8.74. The Hall–Kier alpha value is -1.13. The van der Waals surface area contributed by atoms with Crippen molar-refractivity contribution in [3.05, 3.63) is 34.4 Å². The van der Waals surface area contributed by atoms with E-state index in [1.807, 2.05) is 6.07 Å². The SMILES string of the molecule is C[C@]12CCC(O)C[C@H]1CC[C@@H]1C2CC[C@]2(C)C(c3ccc(=O)oc3)C[C@H]3O[C@]132. The average Bonchev–Trinajstić information content (AvgIpc) is 3.33. The second-order valence-corrected chi connectivity index (χ2v) is 11.0. The normalized spacial score (nSPS) is 54.2. The standard InChI is InChI=1S/C24H32O4/c1-22-9-7-16(25)11-15(22)4-5-18-17(22)8-10-23(2)19(12-20-24(18,23)28-20)14-3-6-21(26)27-13-14/h3,6,13,15-20,25H,4-5,7-12H2,1-2H3/t15-,16?,17?,18-,19?,20-,22+,23-,24-/m1/s1. The number of aliphatic hydroxyl groups excluding tert-OH is 1. The van der Waals surface area contributed by atoms with Crippen molar-refractivity contribution in [2.45, 2.75) is 88.9 Å². The van der Waals surface area contributed by atoms with Crippen LogP contribution in [0, 0.1) is 28.6 Å². The van der Waals surface area contributed by atoms with Gasteiger partial charge in [0.15, 0.2) is 0 Å². The maximum atomic E-state index is 11.4. The summed E-state index contributed by atoms with van der Waals surface area (Å²) in [6, 6.07) is 3.55. The summed E-state index contributed by atoms with van der Waals surface area (Å²) in [5.74, 6) is 2.48. The van der Waals surface area contributed by atoms with E-state index in [-0.39, 0.29) is 22.7 Å². The molecule has 4 saturated carbocycles. The number of aliphatic hydroxyl groups is 1. The topological polar surface area (TPSA) is 63.0 Å². The zero-order chi connectivity index (χ0) is 19.3. The molecule has 28 heavy (non-hydrogen) atoms. The summed E-state index contributed by atoms with van der Waals surface area (Å²) in [5.41, 5.74) is 1.44. The third-order valence-corrected chi connectivity index (χ3v) is 10.2. The number of hydrogen-bond acceptors (Lipinski definition) is 4. The van der Waals surface area contributed by atoms with Crippen LogP contribution in [-0.4, -0.2) is 22.9 Å². The third-order valence-electron chi connectivity index (χ3n) is 10.2. The van der Waals surface area contributed by atoms with E-state index in [9.17, 15) is 9.90 Å². The lowest BCUT2D eigenvalue weighted by Gasteiger charge is -2.61. The van der Waals surface area contributed by atoms with Crippen LogP contribution in [0.1, 0.15) is 76.7 Å². The summed E-state index contributed by atoms with van der Waals surface area (Å²) < 4.78 is 11.8. The molecule has 0 radical (unpaired) electrons. The zero-order valence-corrected chi connectivity index (χ0v) is 17.0. The van der Waals surface area contributed by atoms with Crippen molar-refractivity contribution in [1.82, 2.24) is 0 Å². The van der Waals surface area contributed by atoms with Gasteiger partial charge in [0.25, 0.3) is 0 Å². The molecule has 4 nitrogen and oxygen atoms in total. The molecule has 0 bridgehead atoms. The fraction of sp³-hybridized carbons (Fsp3) is 0.792. The number of rotatable bonds is 1. The summed E-state index contributed by atoms with van der Waals surface area (Å²) in [4.78, 5) is 11.4. The van der Waals surface area contributed by atoms with Crippen LogP contribution in [-0.2, 0) is 4.74 Å². The predicted octanol–water partition coefficient (Wildman–Crippen LogP) is 4.26. The van der Waals surface area contributed by atoms with Crippen LogP contribution in [0.3, 0.4) is 0 Å². The van der Waals surface area contributed by atoms with E-state index in [1.54, 1.807) is 12.3 Å². The van der Waals surface area contributed by atoms with Gasteiger partial charge in [-0.05, 0) is 92.1 Å². The first-order valence-corrected chi connectivity index (χ1v) is 11.3. The largest absolute Gasteiger partial charge is 0.431 e. The Bertz CT molecular complexity index is 842. The molecule has 5 fully saturated rings. The Morgan fingerprint density at radius 2 is 1.89 bits per heavy atom. The van der Waals surface area contributed by atoms with Crippen LogP contribution >= 0.6 is 0 Å². The van der Waals surface area contributed by atoms with Crippen molar-refractivity contribution in [1.29, 1.82) is 0 Å². The molecular weight excluding hydrogens is 352 g/mol. The predicted molar refractivity (Wildman–Crippen MR) is 105 cm³/mol. The van der Waals surface area contributed by atoms with Gasteiger partial charge in [-0.3, -0.25) is 0 Å². The monoisotopic (exact) mass is 384 g/mol. The first-order chi connectivity index (χ1) is 13.4. The Balaban J connectivity index is 1.36. The minimum atomic E-state index is -0.266. The minimum Gasteiger partial charge on any atom is -0.431 e. The van der Waals surface area contributed by atoms with Crippen LogP contribution in [0.15, 0.2) is 27.6 Å². The van der Waals surface area contributed by atoms with Gasteiger partial charge in [-0.15, -0.1) is 0 Å². The molecule has 152 valence electrons. The lowest BCUT2D eigenvalue weighted by molar-refractivity contribution is -0.139. The minimum absolute atomic E-state index is 0.0285. The van der Waals surface area contributed by atoms with E-state index in [4.69, 9.17) is 9.15 Å². The summed E-state index contributed by atoms with van der Waals surface area (Å²) in [6.07, 6.45) is 11.1. The first kappa shape index (κ1) is 17.7.